The Bertz CT molecular complexity index is 256. The zero-order valence-corrected chi connectivity index (χ0v) is 13.7. The number of methoxy groups -OCH3 is 1. The first-order valence-electron chi connectivity index (χ1n) is 8.68. The van der Waals surface area contributed by atoms with Crippen LogP contribution in [0.2, 0.25) is 0 Å². The van der Waals surface area contributed by atoms with E-state index in [1.807, 2.05) is 0 Å². The zero-order valence-electron chi connectivity index (χ0n) is 13.7. The van der Waals surface area contributed by atoms with Crippen LogP contribution in [0.3, 0.4) is 0 Å². The van der Waals surface area contributed by atoms with Crippen LogP contribution in [0.5, 0.6) is 0 Å². The van der Waals surface area contributed by atoms with Crippen LogP contribution in [0.1, 0.15) is 52.4 Å². The van der Waals surface area contributed by atoms with E-state index >= 15 is 0 Å². The number of nitrogens with zero attached hydrogens (tertiary/aromatic N) is 1. The number of hydrogen-bond donors (Lipinski definition) is 1. The number of nitrogens with one attached hydrogen (secondary N) is 1. The van der Waals surface area contributed by atoms with E-state index in [0.717, 1.165) is 24.5 Å². The van der Waals surface area contributed by atoms with Gasteiger partial charge >= 0.3 is 0 Å². The second kappa shape index (κ2) is 8.35. The Kier molecular flexibility index (Phi) is 6.79. The van der Waals surface area contributed by atoms with Crippen molar-refractivity contribution in [3.63, 3.8) is 0 Å². The molecule has 2 aliphatic rings. The minimum absolute atomic E-state index is 0.716. The number of hydrogen-bond acceptors (Lipinski definition) is 3. The molecule has 0 aromatic rings. The van der Waals surface area contributed by atoms with E-state index in [1.165, 1.54) is 58.2 Å². The first-order valence-corrected chi connectivity index (χ1v) is 8.68. The van der Waals surface area contributed by atoms with E-state index in [2.05, 4.69) is 24.1 Å². The molecule has 0 spiro atoms. The monoisotopic (exact) mass is 282 g/mol. The number of piperidine rings is 1. The summed E-state index contributed by atoms with van der Waals surface area (Å²) in [5.74, 6) is 1.78. The molecule has 1 aliphatic carbocycles. The van der Waals surface area contributed by atoms with Gasteiger partial charge in [0.25, 0.3) is 0 Å². The predicted octanol–water partition coefficient (Wildman–Crippen LogP) is 2.90. The third kappa shape index (κ3) is 4.44. The van der Waals surface area contributed by atoms with Gasteiger partial charge in [-0.05, 0) is 64.3 Å². The molecule has 1 heterocycles. The van der Waals surface area contributed by atoms with Crippen molar-refractivity contribution in [3.05, 3.63) is 0 Å². The van der Waals surface area contributed by atoms with Crippen molar-refractivity contribution in [1.29, 1.82) is 0 Å². The van der Waals surface area contributed by atoms with Crippen LogP contribution >= 0.6 is 0 Å². The van der Waals surface area contributed by atoms with Gasteiger partial charge in [-0.1, -0.05) is 6.42 Å². The lowest BCUT2D eigenvalue weighted by Gasteiger charge is -2.49. The van der Waals surface area contributed by atoms with Crippen molar-refractivity contribution in [2.45, 2.75) is 64.5 Å². The Morgan fingerprint density at radius 1 is 1.10 bits per heavy atom. The maximum atomic E-state index is 5.11. The van der Waals surface area contributed by atoms with Crippen molar-refractivity contribution in [1.82, 2.24) is 10.2 Å². The third-order valence-electron chi connectivity index (χ3n) is 5.24. The standard InChI is InChI=1S/C17H34N2O/c1-14(2)19-12-15-8-7-9-16(13-19)17(15)18-10-5-4-6-11-20-3/h14-18H,4-13H2,1-3H3. The molecule has 2 rings (SSSR count). The van der Waals surface area contributed by atoms with E-state index in [9.17, 15) is 0 Å². The number of likely N-dealkylation sites (tertiary alicyclic amines) is 1. The molecule has 0 amide bonds. The maximum absolute atomic E-state index is 5.11. The number of unbranched alkanes of at least 4 members (excludes halogenated alkanes) is 2. The number of ether oxygens (including phenoxy) is 1. The van der Waals surface area contributed by atoms with Crippen LogP contribution in [0.15, 0.2) is 0 Å². The molecule has 1 saturated carbocycles. The minimum atomic E-state index is 0.716. The summed E-state index contributed by atoms with van der Waals surface area (Å²) in [6.45, 7) is 9.44. The second-order valence-electron chi connectivity index (χ2n) is 7.03. The van der Waals surface area contributed by atoms with Gasteiger partial charge in [-0.25, -0.2) is 0 Å². The Labute approximate surface area is 125 Å². The summed E-state index contributed by atoms with van der Waals surface area (Å²) in [4.78, 5) is 2.70. The lowest BCUT2D eigenvalue weighted by molar-refractivity contribution is 0.0296. The van der Waals surface area contributed by atoms with Crippen LogP contribution in [0.4, 0.5) is 0 Å². The van der Waals surface area contributed by atoms with E-state index in [1.54, 1.807) is 7.11 Å². The topological polar surface area (TPSA) is 24.5 Å². The highest BCUT2D eigenvalue weighted by molar-refractivity contribution is 4.95. The molecule has 0 aromatic carbocycles. The Balaban J connectivity index is 1.72. The Morgan fingerprint density at radius 2 is 1.80 bits per heavy atom. The van der Waals surface area contributed by atoms with Gasteiger partial charge in [-0.3, -0.25) is 0 Å². The highest BCUT2D eigenvalue weighted by atomic mass is 16.5. The number of fused-ring (bicyclic) bond motifs is 2. The molecule has 2 atom stereocenters. The van der Waals surface area contributed by atoms with Crippen LogP contribution in [0, 0.1) is 11.8 Å². The predicted molar refractivity (Wildman–Crippen MR) is 85.1 cm³/mol. The first-order chi connectivity index (χ1) is 9.72. The molecule has 3 heteroatoms. The van der Waals surface area contributed by atoms with Gasteiger partial charge in [0.05, 0.1) is 0 Å². The molecule has 118 valence electrons. The summed E-state index contributed by atoms with van der Waals surface area (Å²) in [5, 5.41) is 3.89. The van der Waals surface area contributed by atoms with Crippen LogP contribution in [-0.2, 0) is 4.74 Å². The molecule has 2 unspecified atom stereocenters. The highest BCUT2D eigenvalue weighted by Gasteiger charge is 2.39. The summed E-state index contributed by atoms with van der Waals surface area (Å²) < 4.78 is 5.11. The fourth-order valence-corrected chi connectivity index (χ4v) is 4.04. The average Bonchev–Trinajstić information content (AvgIpc) is 2.41. The van der Waals surface area contributed by atoms with Gasteiger partial charge in [-0.2, -0.15) is 0 Å². The van der Waals surface area contributed by atoms with Crippen LogP contribution in [0.25, 0.3) is 0 Å². The quantitative estimate of drug-likeness (QED) is 0.693. The highest BCUT2D eigenvalue weighted by Crippen LogP contribution is 2.35. The van der Waals surface area contributed by atoms with Gasteiger partial charge in [0.15, 0.2) is 0 Å². The summed E-state index contributed by atoms with van der Waals surface area (Å²) in [5.41, 5.74) is 0. The average molecular weight is 282 g/mol. The van der Waals surface area contributed by atoms with Gasteiger partial charge in [-0.15, -0.1) is 0 Å². The molecule has 0 radical (unpaired) electrons. The molecular formula is C17H34N2O. The summed E-state index contributed by atoms with van der Waals surface area (Å²) in [6, 6.07) is 1.51. The molecule has 2 bridgehead atoms. The fourth-order valence-electron chi connectivity index (χ4n) is 4.04. The van der Waals surface area contributed by atoms with E-state index in [0.29, 0.717) is 6.04 Å². The molecule has 2 fully saturated rings. The third-order valence-corrected chi connectivity index (χ3v) is 5.24. The normalized spacial score (nSPS) is 30.9. The Morgan fingerprint density at radius 3 is 2.40 bits per heavy atom. The van der Waals surface area contributed by atoms with E-state index in [4.69, 9.17) is 4.74 Å². The summed E-state index contributed by atoms with van der Waals surface area (Å²) in [6.07, 6.45) is 8.11. The lowest BCUT2D eigenvalue weighted by atomic mass is 9.73. The summed E-state index contributed by atoms with van der Waals surface area (Å²) in [7, 11) is 1.79. The van der Waals surface area contributed by atoms with Crippen LogP contribution < -0.4 is 5.32 Å². The molecule has 20 heavy (non-hydrogen) atoms. The van der Waals surface area contributed by atoms with Gasteiger partial charge in [0, 0.05) is 38.9 Å². The first kappa shape index (κ1) is 16.3. The Hall–Kier alpha value is -0.120. The molecule has 3 nitrogen and oxygen atoms in total. The van der Waals surface area contributed by atoms with E-state index < -0.39 is 0 Å². The maximum Gasteiger partial charge on any atom is 0.0462 e. The van der Waals surface area contributed by atoms with Gasteiger partial charge in [0.2, 0.25) is 0 Å². The van der Waals surface area contributed by atoms with Gasteiger partial charge < -0.3 is 15.0 Å². The largest absolute Gasteiger partial charge is 0.385 e. The molecule has 0 aromatic heterocycles. The van der Waals surface area contributed by atoms with Crippen molar-refractivity contribution in [2.75, 3.05) is 33.4 Å². The van der Waals surface area contributed by atoms with E-state index in [-0.39, 0.29) is 0 Å². The van der Waals surface area contributed by atoms with Crippen molar-refractivity contribution < 1.29 is 4.74 Å². The molecule has 1 aliphatic heterocycles. The SMILES string of the molecule is COCCCCCNC1C2CCCC1CN(C(C)C)C2. The van der Waals surface area contributed by atoms with Gasteiger partial charge in [0.1, 0.15) is 0 Å². The van der Waals surface area contributed by atoms with Crippen molar-refractivity contribution in [2.24, 2.45) is 11.8 Å². The van der Waals surface area contributed by atoms with Crippen molar-refractivity contribution >= 4 is 0 Å². The summed E-state index contributed by atoms with van der Waals surface area (Å²) >= 11 is 0. The smallest absolute Gasteiger partial charge is 0.0462 e. The minimum Gasteiger partial charge on any atom is -0.385 e. The zero-order chi connectivity index (χ0) is 14.4. The molecule has 1 saturated heterocycles. The fraction of sp³-hybridized carbons (Fsp3) is 1.00. The lowest BCUT2D eigenvalue weighted by Crippen LogP contribution is -2.58. The molecule has 1 N–H and O–H groups in total. The second-order valence-corrected chi connectivity index (χ2v) is 7.03. The molecular weight excluding hydrogens is 248 g/mol. The number of rotatable bonds is 8. The van der Waals surface area contributed by atoms with Crippen LogP contribution in [-0.4, -0.2) is 50.3 Å². The van der Waals surface area contributed by atoms with Crippen molar-refractivity contribution in [3.8, 4) is 0 Å².